The Morgan fingerprint density at radius 3 is 2.48 bits per heavy atom. The van der Waals surface area contributed by atoms with Gasteiger partial charge in [-0.25, -0.2) is 0 Å². The van der Waals surface area contributed by atoms with E-state index in [4.69, 9.17) is 4.74 Å². The molecule has 3 saturated heterocycles. The van der Waals surface area contributed by atoms with Crippen LogP contribution >= 0.6 is 24.8 Å². The molecule has 136 valence electrons. The first-order valence-electron chi connectivity index (χ1n) is 8.63. The summed E-state index contributed by atoms with van der Waals surface area (Å²) in [5.41, 5.74) is 0. The van der Waals surface area contributed by atoms with Crippen molar-refractivity contribution in [3.8, 4) is 0 Å². The van der Waals surface area contributed by atoms with Crippen molar-refractivity contribution in [2.24, 2.45) is 0 Å². The van der Waals surface area contributed by atoms with Crippen molar-refractivity contribution in [3.63, 3.8) is 0 Å². The van der Waals surface area contributed by atoms with Crippen LogP contribution in [0.5, 0.6) is 0 Å². The van der Waals surface area contributed by atoms with Crippen LogP contribution in [0.4, 0.5) is 0 Å². The second-order valence-corrected chi connectivity index (χ2v) is 6.66. The largest absolute Gasteiger partial charge is 0.375 e. The van der Waals surface area contributed by atoms with E-state index in [9.17, 15) is 4.79 Å². The Labute approximate surface area is 152 Å². The summed E-state index contributed by atoms with van der Waals surface area (Å²) in [5.74, 6) is 0.240. The molecule has 3 aliphatic heterocycles. The SMILES string of the molecule is C[C@H]1OCCN[C@@H]1C(=O)N1CCCC(N2CCCC2)CC1.Cl.Cl. The van der Waals surface area contributed by atoms with Crippen LogP contribution in [-0.2, 0) is 9.53 Å². The number of hydrogen-bond donors (Lipinski definition) is 1. The minimum Gasteiger partial charge on any atom is -0.375 e. The zero-order chi connectivity index (χ0) is 14.7. The minimum absolute atomic E-state index is 0. The van der Waals surface area contributed by atoms with Crippen LogP contribution in [0.2, 0.25) is 0 Å². The maximum atomic E-state index is 12.7. The molecule has 0 aromatic rings. The third-order valence-electron chi connectivity index (χ3n) is 5.25. The molecule has 0 spiro atoms. The van der Waals surface area contributed by atoms with Crippen molar-refractivity contribution in [2.75, 3.05) is 39.3 Å². The Kier molecular flexibility index (Phi) is 9.16. The molecule has 7 heteroatoms. The maximum absolute atomic E-state index is 12.7. The summed E-state index contributed by atoms with van der Waals surface area (Å²) in [7, 11) is 0. The summed E-state index contributed by atoms with van der Waals surface area (Å²) < 4.78 is 5.62. The molecule has 23 heavy (non-hydrogen) atoms. The highest BCUT2D eigenvalue weighted by Gasteiger charge is 2.33. The molecule has 1 amide bonds. The van der Waals surface area contributed by atoms with Crippen LogP contribution in [0.3, 0.4) is 0 Å². The number of amides is 1. The molecule has 3 fully saturated rings. The lowest BCUT2D eigenvalue weighted by Gasteiger charge is -2.33. The first-order valence-corrected chi connectivity index (χ1v) is 8.63. The van der Waals surface area contributed by atoms with Crippen LogP contribution in [-0.4, -0.2) is 73.2 Å². The van der Waals surface area contributed by atoms with Gasteiger partial charge in [0, 0.05) is 25.7 Å². The van der Waals surface area contributed by atoms with E-state index in [0.29, 0.717) is 12.6 Å². The quantitative estimate of drug-likeness (QED) is 0.806. The zero-order valence-electron chi connectivity index (χ0n) is 14.0. The van der Waals surface area contributed by atoms with E-state index in [0.717, 1.165) is 32.5 Å². The average molecular weight is 368 g/mol. The van der Waals surface area contributed by atoms with E-state index in [2.05, 4.69) is 15.1 Å². The summed E-state index contributed by atoms with van der Waals surface area (Å²) in [6.45, 7) is 7.83. The predicted octanol–water partition coefficient (Wildman–Crippen LogP) is 1.68. The van der Waals surface area contributed by atoms with Gasteiger partial charge in [-0.1, -0.05) is 0 Å². The smallest absolute Gasteiger partial charge is 0.242 e. The second-order valence-electron chi connectivity index (χ2n) is 6.66. The number of ether oxygens (including phenoxy) is 1. The Morgan fingerprint density at radius 2 is 1.78 bits per heavy atom. The lowest BCUT2D eigenvalue weighted by atomic mass is 10.1. The molecule has 0 bridgehead atoms. The van der Waals surface area contributed by atoms with Crippen LogP contribution in [0, 0.1) is 0 Å². The van der Waals surface area contributed by atoms with Crippen molar-refractivity contribution in [2.45, 2.75) is 57.2 Å². The molecule has 1 unspecified atom stereocenters. The summed E-state index contributed by atoms with van der Waals surface area (Å²) in [6.07, 6.45) is 6.19. The molecule has 0 aliphatic carbocycles. The highest BCUT2D eigenvalue weighted by molar-refractivity contribution is 5.85. The number of carbonyl (C=O) groups is 1. The average Bonchev–Trinajstić information content (AvgIpc) is 2.92. The van der Waals surface area contributed by atoms with Gasteiger partial charge >= 0.3 is 0 Å². The molecule has 3 atom stereocenters. The Hall–Kier alpha value is -0.0700. The first kappa shape index (κ1) is 21.0. The molecule has 3 rings (SSSR count). The lowest BCUT2D eigenvalue weighted by molar-refractivity contribution is -0.139. The number of carbonyl (C=O) groups excluding carboxylic acids is 1. The molecular formula is C16H31Cl2N3O2. The van der Waals surface area contributed by atoms with Gasteiger partial charge in [-0.05, 0) is 52.1 Å². The van der Waals surface area contributed by atoms with E-state index < -0.39 is 0 Å². The summed E-state index contributed by atoms with van der Waals surface area (Å²) >= 11 is 0. The molecular weight excluding hydrogens is 337 g/mol. The predicted molar refractivity (Wildman–Crippen MR) is 96.7 cm³/mol. The number of nitrogens with one attached hydrogen (secondary N) is 1. The van der Waals surface area contributed by atoms with Crippen molar-refractivity contribution in [1.82, 2.24) is 15.1 Å². The molecule has 5 nitrogen and oxygen atoms in total. The Balaban J connectivity index is 0.00000132. The number of hydrogen-bond acceptors (Lipinski definition) is 4. The van der Waals surface area contributed by atoms with Crippen LogP contribution in [0.15, 0.2) is 0 Å². The van der Waals surface area contributed by atoms with Gasteiger partial charge < -0.3 is 19.9 Å². The van der Waals surface area contributed by atoms with Gasteiger partial charge in [-0.15, -0.1) is 24.8 Å². The van der Waals surface area contributed by atoms with Gasteiger partial charge in [0.05, 0.1) is 12.7 Å². The number of halogens is 2. The third-order valence-corrected chi connectivity index (χ3v) is 5.25. The van der Waals surface area contributed by atoms with Crippen molar-refractivity contribution in [3.05, 3.63) is 0 Å². The molecule has 0 aromatic carbocycles. The van der Waals surface area contributed by atoms with E-state index in [-0.39, 0.29) is 42.9 Å². The third kappa shape index (κ3) is 5.20. The lowest BCUT2D eigenvalue weighted by Crippen LogP contribution is -2.56. The maximum Gasteiger partial charge on any atom is 0.242 e. The van der Waals surface area contributed by atoms with Gasteiger partial charge in [-0.2, -0.15) is 0 Å². The van der Waals surface area contributed by atoms with Crippen LogP contribution < -0.4 is 5.32 Å². The summed E-state index contributed by atoms with van der Waals surface area (Å²) in [5, 5.41) is 3.33. The van der Waals surface area contributed by atoms with Crippen molar-refractivity contribution >= 4 is 30.7 Å². The standard InChI is InChI=1S/C16H29N3O2.2ClH/c1-13-15(17-7-12-21-13)16(20)19-10-4-5-14(6-11-19)18-8-2-3-9-18;;/h13-15,17H,2-12H2,1H3;2*1H/t13-,14?,15+;;/m1../s1. The number of likely N-dealkylation sites (tertiary alicyclic amines) is 2. The molecule has 0 aromatic heterocycles. The fraction of sp³-hybridized carbons (Fsp3) is 0.938. The van der Waals surface area contributed by atoms with Gasteiger partial charge in [0.25, 0.3) is 0 Å². The first-order chi connectivity index (χ1) is 10.3. The fourth-order valence-corrected chi connectivity index (χ4v) is 3.98. The van der Waals surface area contributed by atoms with E-state index in [1.165, 1.54) is 32.4 Å². The van der Waals surface area contributed by atoms with Gasteiger partial charge in [-0.3, -0.25) is 4.79 Å². The number of rotatable bonds is 2. The van der Waals surface area contributed by atoms with E-state index in [1.807, 2.05) is 6.92 Å². The van der Waals surface area contributed by atoms with E-state index in [1.54, 1.807) is 0 Å². The zero-order valence-corrected chi connectivity index (χ0v) is 15.7. The van der Waals surface area contributed by atoms with Crippen molar-refractivity contribution in [1.29, 1.82) is 0 Å². The Morgan fingerprint density at radius 1 is 1.04 bits per heavy atom. The van der Waals surface area contributed by atoms with Crippen LogP contribution in [0.25, 0.3) is 0 Å². The minimum atomic E-state index is -0.151. The monoisotopic (exact) mass is 367 g/mol. The molecule has 1 N–H and O–H groups in total. The highest BCUT2D eigenvalue weighted by Crippen LogP contribution is 2.22. The fourth-order valence-electron chi connectivity index (χ4n) is 3.98. The second kappa shape index (κ2) is 10.0. The summed E-state index contributed by atoms with van der Waals surface area (Å²) in [4.78, 5) is 17.4. The van der Waals surface area contributed by atoms with E-state index >= 15 is 0 Å². The molecule has 3 heterocycles. The van der Waals surface area contributed by atoms with Crippen molar-refractivity contribution < 1.29 is 9.53 Å². The van der Waals surface area contributed by atoms with Crippen LogP contribution in [0.1, 0.15) is 39.0 Å². The highest BCUT2D eigenvalue weighted by atomic mass is 35.5. The molecule has 3 aliphatic rings. The normalized spacial score (nSPS) is 32.6. The summed E-state index contributed by atoms with van der Waals surface area (Å²) in [6, 6.07) is 0.542. The van der Waals surface area contributed by atoms with Gasteiger partial charge in [0.1, 0.15) is 6.04 Å². The molecule has 0 radical (unpaired) electrons. The van der Waals surface area contributed by atoms with Gasteiger partial charge in [0.2, 0.25) is 5.91 Å². The topological polar surface area (TPSA) is 44.8 Å². The molecule has 0 saturated carbocycles. The van der Waals surface area contributed by atoms with Gasteiger partial charge in [0.15, 0.2) is 0 Å². The number of morpholine rings is 1. The number of nitrogens with zero attached hydrogens (tertiary/aromatic N) is 2. The Bertz CT molecular complexity index is 367.